The molecule has 3 aromatic rings. The summed E-state index contributed by atoms with van der Waals surface area (Å²) in [6.45, 7) is 3.78. The van der Waals surface area contributed by atoms with Gasteiger partial charge in [0.15, 0.2) is 5.82 Å². The van der Waals surface area contributed by atoms with Gasteiger partial charge in [-0.15, -0.1) is 0 Å². The molecule has 3 N–H and O–H groups in total. The zero-order valence-electron chi connectivity index (χ0n) is 18.3. The number of nitrogens with one attached hydrogen (secondary N) is 2. The predicted molar refractivity (Wildman–Crippen MR) is 124 cm³/mol. The fourth-order valence-corrected chi connectivity index (χ4v) is 3.67. The van der Waals surface area contributed by atoms with Crippen LogP contribution in [0.25, 0.3) is 5.69 Å². The molecule has 1 saturated carbocycles. The number of rotatable bonds is 8. The highest BCUT2D eigenvalue weighted by molar-refractivity contribution is 5.95. The van der Waals surface area contributed by atoms with E-state index in [1.807, 2.05) is 50.2 Å². The number of aromatic nitrogens is 2. The van der Waals surface area contributed by atoms with Crippen molar-refractivity contribution in [3.05, 3.63) is 88.0 Å². The number of anilines is 1. The van der Waals surface area contributed by atoms with Gasteiger partial charge in [-0.1, -0.05) is 43.3 Å². The van der Waals surface area contributed by atoms with Gasteiger partial charge in [-0.3, -0.25) is 14.2 Å². The number of aryl methyl sites for hydroxylation is 1. The first kappa shape index (κ1) is 21.8. The summed E-state index contributed by atoms with van der Waals surface area (Å²) in [4.78, 5) is 30.1. The van der Waals surface area contributed by atoms with Crippen molar-refractivity contribution in [3.8, 4) is 5.69 Å². The van der Waals surface area contributed by atoms with Gasteiger partial charge in [-0.25, -0.2) is 4.98 Å². The maximum absolute atomic E-state index is 13.3. The van der Waals surface area contributed by atoms with Gasteiger partial charge in [0.25, 0.3) is 11.5 Å². The molecule has 7 nitrogen and oxygen atoms in total. The summed E-state index contributed by atoms with van der Waals surface area (Å²) in [6.07, 6.45) is 5.19. The standard InChI is InChI=1S/C25H28N4O3/c1-16-8-9-19(24(31)27-20-10-11-20)14-21(16)29-13-12-26-23(25(29)32)28-22(17(2)15-30)18-6-4-3-5-7-18/h3-9,12-14,17,20,22,30H,10-11,15H2,1-2H3,(H,26,28)(H,27,31). The van der Waals surface area contributed by atoms with Gasteiger partial charge in [0.1, 0.15) is 0 Å². The molecular weight excluding hydrogens is 404 g/mol. The number of amides is 1. The largest absolute Gasteiger partial charge is 0.396 e. The summed E-state index contributed by atoms with van der Waals surface area (Å²) >= 11 is 0. The monoisotopic (exact) mass is 432 g/mol. The lowest BCUT2D eigenvalue weighted by molar-refractivity contribution is 0.0951. The van der Waals surface area contributed by atoms with Crippen LogP contribution < -0.4 is 16.2 Å². The molecular formula is C25H28N4O3. The molecule has 4 rings (SSSR count). The number of nitrogens with zero attached hydrogens (tertiary/aromatic N) is 2. The molecule has 1 amide bonds. The van der Waals surface area contributed by atoms with Crippen LogP contribution in [0.2, 0.25) is 0 Å². The molecule has 0 bridgehead atoms. The Morgan fingerprint density at radius 1 is 1.22 bits per heavy atom. The molecule has 0 aliphatic heterocycles. The minimum Gasteiger partial charge on any atom is -0.396 e. The van der Waals surface area contributed by atoms with E-state index in [0.29, 0.717) is 11.3 Å². The molecule has 0 spiro atoms. The van der Waals surface area contributed by atoms with E-state index >= 15 is 0 Å². The van der Waals surface area contributed by atoms with Gasteiger partial charge in [0.05, 0.1) is 11.7 Å². The molecule has 32 heavy (non-hydrogen) atoms. The third-order valence-electron chi connectivity index (χ3n) is 5.79. The molecule has 2 atom stereocenters. The van der Waals surface area contributed by atoms with Gasteiger partial charge < -0.3 is 15.7 Å². The van der Waals surface area contributed by atoms with Crippen molar-refractivity contribution in [1.82, 2.24) is 14.9 Å². The Labute approximate surface area is 187 Å². The number of aliphatic hydroxyl groups is 1. The normalized spacial score (nSPS) is 15.1. The summed E-state index contributed by atoms with van der Waals surface area (Å²) in [5, 5.41) is 16.0. The van der Waals surface area contributed by atoms with Gasteiger partial charge in [-0.2, -0.15) is 0 Å². The highest BCUT2D eigenvalue weighted by Crippen LogP contribution is 2.25. The first-order valence-corrected chi connectivity index (χ1v) is 10.9. The minimum absolute atomic E-state index is 0.0369. The number of hydrogen-bond acceptors (Lipinski definition) is 5. The molecule has 166 valence electrons. The van der Waals surface area contributed by atoms with E-state index in [2.05, 4.69) is 15.6 Å². The van der Waals surface area contributed by atoms with Gasteiger partial charge in [0.2, 0.25) is 0 Å². The minimum atomic E-state index is -0.318. The lowest BCUT2D eigenvalue weighted by Gasteiger charge is -2.25. The number of carbonyl (C=O) groups is 1. The Morgan fingerprint density at radius 2 is 1.97 bits per heavy atom. The fourth-order valence-electron chi connectivity index (χ4n) is 3.67. The zero-order chi connectivity index (χ0) is 22.7. The molecule has 2 aromatic carbocycles. The van der Waals surface area contributed by atoms with Crippen LogP contribution in [0.3, 0.4) is 0 Å². The van der Waals surface area contributed by atoms with Crippen LogP contribution in [0.5, 0.6) is 0 Å². The highest BCUT2D eigenvalue weighted by Gasteiger charge is 2.24. The van der Waals surface area contributed by atoms with Crippen molar-refractivity contribution in [3.63, 3.8) is 0 Å². The molecule has 7 heteroatoms. The Morgan fingerprint density at radius 3 is 2.66 bits per heavy atom. The zero-order valence-corrected chi connectivity index (χ0v) is 18.3. The molecule has 2 unspecified atom stereocenters. The second-order valence-electron chi connectivity index (χ2n) is 8.39. The van der Waals surface area contributed by atoms with E-state index in [1.54, 1.807) is 24.5 Å². The van der Waals surface area contributed by atoms with Crippen LogP contribution in [-0.2, 0) is 0 Å². The fraction of sp³-hybridized carbons (Fsp3) is 0.320. The maximum atomic E-state index is 13.3. The quantitative estimate of drug-likeness (QED) is 0.508. The van der Waals surface area contributed by atoms with Crippen molar-refractivity contribution < 1.29 is 9.90 Å². The molecule has 0 saturated heterocycles. The van der Waals surface area contributed by atoms with E-state index < -0.39 is 0 Å². The van der Waals surface area contributed by atoms with E-state index in [0.717, 1.165) is 24.0 Å². The predicted octanol–water partition coefficient (Wildman–Crippen LogP) is 3.21. The SMILES string of the molecule is Cc1ccc(C(=O)NC2CC2)cc1-n1ccnc(NC(c2ccccc2)C(C)CO)c1=O. The summed E-state index contributed by atoms with van der Waals surface area (Å²) in [5.41, 5.74) is 2.67. The van der Waals surface area contributed by atoms with Crippen LogP contribution in [0.1, 0.15) is 47.3 Å². The van der Waals surface area contributed by atoms with Crippen LogP contribution >= 0.6 is 0 Å². The second kappa shape index (κ2) is 9.36. The van der Waals surface area contributed by atoms with Crippen molar-refractivity contribution in [2.75, 3.05) is 11.9 Å². The van der Waals surface area contributed by atoms with Crippen LogP contribution in [0.4, 0.5) is 5.82 Å². The van der Waals surface area contributed by atoms with Crippen molar-refractivity contribution in [2.45, 2.75) is 38.8 Å². The van der Waals surface area contributed by atoms with Gasteiger partial charge in [-0.05, 0) is 43.0 Å². The highest BCUT2D eigenvalue weighted by atomic mass is 16.3. The summed E-state index contributed by atoms with van der Waals surface area (Å²) in [6, 6.07) is 15.0. The maximum Gasteiger partial charge on any atom is 0.297 e. The van der Waals surface area contributed by atoms with Gasteiger partial charge in [0, 0.05) is 36.5 Å². The molecule has 1 heterocycles. The average molecular weight is 433 g/mol. The summed E-state index contributed by atoms with van der Waals surface area (Å²) in [7, 11) is 0. The number of carbonyl (C=O) groups excluding carboxylic acids is 1. The van der Waals surface area contributed by atoms with E-state index in [4.69, 9.17) is 0 Å². The van der Waals surface area contributed by atoms with Crippen molar-refractivity contribution in [2.24, 2.45) is 5.92 Å². The van der Waals surface area contributed by atoms with Gasteiger partial charge >= 0.3 is 0 Å². The lowest BCUT2D eigenvalue weighted by Crippen LogP contribution is -2.29. The first-order valence-electron chi connectivity index (χ1n) is 10.9. The van der Waals surface area contributed by atoms with Crippen LogP contribution in [0, 0.1) is 12.8 Å². The third-order valence-corrected chi connectivity index (χ3v) is 5.79. The smallest absolute Gasteiger partial charge is 0.297 e. The lowest BCUT2D eigenvalue weighted by atomic mass is 9.95. The molecule has 1 fully saturated rings. The first-order chi connectivity index (χ1) is 15.5. The molecule has 1 aromatic heterocycles. The van der Waals surface area contributed by atoms with Crippen molar-refractivity contribution >= 4 is 11.7 Å². The average Bonchev–Trinajstić information content (AvgIpc) is 3.63. The topological polar surface area (TPSA) is 96.2 Å². The molecule has 0 radical (unpaired) electrons. The van der Waals surface area contributed by atoms with Crippen molar-refractivity contribution in [1.29, 1.82) is 0 Å². The summed E-state index contributed by atoms with van der Waals surface area (Å²) < 4.78 is 1.50. The Kier molecular flexibility index (Phi) is 6.37. The number of aliphatic hydroxyl groups excluding tert-OH is 1. The Bertz CT molecular complexity index is 1160. The molecule has 1 aliphatic carbocycles. The van der Waals surface area contributed by atoms with Crippen LogP contribution in [0.15, 0.2) is 65.7 Å². The van der Waals surface area contributed by atoms with E-state index in [9.17, 15) is 14.7 Å². The molecule has 1 aliphatic rings. The Hall–Kier alpha value is -3.45. The van der Waals surface area contributed by atoms with E-state index in [1.165, 1.54) is 4.57 Å². The Balaban J connectivity index is 1.68. The van der Waals surface area contributed by atoms with E-state index in [-0.39, 0.29) is 41.9 Å². The third kappa shape index (κ3) is 4.73. The number of benzene rings is 2. The number of hydrogen-bond donors (Lipinski definition) is 3. The van der Waals surface area contributed by atoms with Crippen LogP contribution in [-0.4, -0.2) is 33.2 Å². The summed E-state index contributed by atoms with van der Waals surface area (Å²) in [5.74, 6) is -0.0764. The second-order valence-corrected chi connectivity index (χ2v) is 8.39.